The van der Waals surface area contributed by atoms with Crippen molar-refractivity contribution in [1.29, 1.82) is 0 Å². The lowest BCUT2D eigenvalue weighted by molar-refractivity contribution is 0.534. The van der Waals surface area contributed by atoms with Crippen LogP contribution in [0.4, 0.5) is 0 Å². The highest BCUT2D eigenvalue weighted by Gasteiger charge is 2.04. The van der Waals surface area contributed by atoms with Gasteiger partial charge in [-0.1, -0.05) is 6.07 Å². The molecule has 3 nitrogen and oxygen atoms in total. The summed E-state index contributed by atoms with van der Waals surface area (Å²) >= 11 is 0. The van der Waals surface area contributed by atoms with Crippen LogP contribution < -0.4 is 0 Å². The van der Waals surface area contributed by atoms with Crippen molar-refractivity contribution < 1.29 is 0 Å². The molecule has 0 N–H and O–H groups in total. The molecule has 3 heteroatoms. The number of hydrogen-bond acceptors (Lipinski definition) is 2. The SMILES string of the molecule is Cc1ccc(-c2ccn(C(C)C)n2)nc1. The lowest BCUT2D eigenvalue weighted by atomic mass is 10.2. The van der Waals surface area contributed by atoms with E-state index in [1.54, 1.807) is 0 Å². The predicted molar refractivity (Wildman–Crippen MR) is 60.6 cm³/mol. The Morgan fingerprint density at radius 2 is 1.93 bits per heavy atom. The monoisotopic (exact) mass is 201 g/mol. The van der Waals surface area contributed by atoms with Crippen molar-refractivity contribution in [1.82, 2.24) is 14.8 Å². The lowest BCUT2D eigenvalue weighted by Gasteiger charge is -2.03. The van der Waals surface area contributed by atoms with E-state index in [2.05, 4.69) is 30.0 Å². The standard InChI is InChI=1S/C12H15N3/c1-9(2)15-7-6-12(14-15)11-5-4-10(3)8-13-11/h4-9H,1-3H3. The van der Waals surface area contributed by atoms with E-state index < -0.39 is 0 Å². The van der Waals surface area contributed by atoms with Crippen LogP contribution in [0, 0.1) is 6.92 Å². The topological polar surface area (TPSA) is 30.7 Å². The maximum absolute atomic E-state index is 4.46. The molecule has 0 saturated carbocycles. The zero-order chi connectivity index (χ0) is 10.8. The lowest BCUT2D eigenvalue weighted by Crippen LogP contribution is -2.00. The Balaban J connectivity index is 2.33. The molecule has 0 bridgehead atoms. The van der Waals surface area contributed by atoms with E-state index in [9.17, 15) is 0 Å². The van der Waals surface area contributed by atoms with Crippen LogP contribution in [0.1, 0.15) is 25.5 Å². The molecule has 0 amide bonds. The maximum Gasteiger partial charge on any atom is 0.111 e. The third-order valence-electron chi connectivity index (χ3n) is 2.31. The molecule has 0 unspecified atom stereocenters. The van der Waals surface area contributed by atoms with E-state index in [0.29, 0.717) is 6.04 Å². The predicted octanol–water partition coefficient (Wildman–Crippen LogP) is 2.83. The Labute approximate surface area is 89.8 Å². The quantitative estimate of drug-likeness (QED) is 0.748. The number of aromatic nitrogens is 3. The Hall–Kier alpha value is -1.64. The van der Waals surface area contributed by atoms with Gasteiger partial charge >= 0.3 is 0 Å². The Morgan fingerprint density at radius 1 is 1.13 bits per heavy atom. The van der Waals surface area contributed by atoms with Gasteiger partial charge in [0.2, 0.25) is 0 Å². The molecule has 0 aliphatic carbocycles. The summed E-state index contributed by atoms with van der Waals surface area (Å²) < 4.78 is 1.94. The average molecular weight is 201 g/mol. The van der Waals surface area contributed by atoms with E-state index in [0.717, 1.165) is 11.4 Å². The van der Waals surface area contributed by atoms with Crippen molar-refractivity contribution in [2.45, 2.75) is 26.8 Å². The van der Waals surface area contributed by atoms with Crippen LogP contribution in [-0.4, -0.2) is 14.8 Å². The van der Waals surface area contributed by atoms with Crippen LogP contribution >= 0.6 is 0 Å². The normalized spacial score (nSPS) is 10.9. The maximum atomic E-state index is 4.46. The van der Waals surface area contributed by atoms with Gasteiger partial charge in [0.1, 0.15) is 5.69 Å². The second-order valence-corrected chi connectivity index (χ2v) is 4.00. The molecule has 0 aliphatic rings. The first kappa shape index (κ1) is 9.90. The number of pyridine rings is 1. The van der Waals surface area contributed by atoms with Gasteiger partial charge in [-0.05, 0) is 38.5 Å². The van der Waals surface area contributed by atoms with Crippen LogP contribution in [0.2, 0.25) is 0 Å². The molecular weight excluding hydrogens is 186 g/mol. The second-order valence-electron chi connectivity index (χ2n) is 4.00. The number of rotatable bonds is 2. The highest BCUT2D eigenvalue weighted by molar-refractivity contribution is 5.53. The number of nitrogens with zero attached hydrogens (tertiary/aromatic N) is 3. The van der Waals surface area contributed by atoms with Gasteiger partial charge in [-0.2, -0.15) is 5.10 Å². The van der Waals surface area contributed by atoms with Crippen molar-refractivity contribution in [2.75, 3.05) is 0 Å². The molecule has 0 atom stereocenters. The fourth-order valence-corrected chi connectivity index (χ4v) is 1.38. The molecule has 0 spiro atoms. The van der Waals surface area contributed by atoms with E-state index in [1.165, 1.54) is 5.56 Å². The van der Waals surface area contributed by atoms with E-state index >= 15 is 0 Å². The summed E-state index contributed by atoms with van der Waals surface area (Å²) in [5, 5.41) is 4.46. The molecule has 2 aromatic rings. The minimum atomic E-state index is 0.393. The van der Waals surface area contributed by atoms with Gasteiger partial charge in [-0.15, -0.1) is 0 Å². The summed E-state index contributed by atoms with van der Waals surface area (Å²) in [5.41, 5.74) is 3.03. The van der Waals surface area contributed by atoms with Crippen LogP contribution in [0.3, 0.4) is 0 Å². The van der Waals surface area contributed by atoms with E-state index in [4.69, 9.17) is 0 Å². The highest BCUT2D eigenvalue weighted by atomic mass is 15.3. The fourth-order valence-electron chi connectivity index (χ4n) is 1.38. The first-order valence-corrected chi connectivity index (χ1v) is 5.15. The van der Waals surface area contributed by atoms with Crippen molar-refractivity contribution in [2.24, 2.45) is 0 Å². The summed E-state index contributed by atoms with van der Waals surface area (Å²) in [6, 6.07) is 6.45. The minimum absolute atomic E-state index is 0.393. The highest BCUT2D eigenvalue weighted by Crippen LogP contribution is 2.15. The molecule has 2 aromatic heterocycles. The molecule has 0 aromatic carbocycles. The largest absolute Gasteiger partial charge is 0.270 e. The fraction of sp³-hybridized carbons (Fsp3) is 0.333. The first-order valence-electron chi connectivity index (χ1n) is 5.15. The molecule has 0 aliphatic heterocycles. The molecule has 78 valence electrons. The molecule has 0 radical (unpaired) electrons. The Kier molecular flexibility index (Phi) is 2.54. The van der Waals surface area contributed by atoms with Crippen molar-refractivity contribution in [3.05, 3.63) is 36.2 Å². The summed E-state index contributed by atoms with van der Waals surface area (Å²) in [4.78, 5) is 4.35. The number of hydrogen-bond donors (Lipinski definition) is 0. The minimum Gasteiger partial charge on any atom is -0.270 e. The van der Waals surface area contributed by atoms with Gasteiger partial charge in [0.15, 0.2) is 0 Å². The smallest absolute Gasteiger partial charge is 0.111 e. The van der Waals surface area contributed by atoms with Crippen molar-refractivity contribution in [3.63, 3.8) is 0 Å². The molecule has 0 saturated heterocycles. The third kappa shape index (κ3) is 2.06. The van der Waals surface area contributed by atoms with E-state index in [-0.39, 0.29) is 0 Å². The van der Waals surface area contributed by atoms with Crippen LogP contribution in [0.5, 0.6) is 0 Å². The Morgan fingerprint density at radius 3 is 2.47 bits per heavy atom. The summed E-state index contributed by atoms with van der Waals surface area (Å²) in [6.45, 7) is 6.25. The summed E-state index contributed by atoms with van der Waals surface area (Å²) in [5.74, 6) is 0. The van der Waals surface area contributed by atoms with Crippen LogP contribution in [0.15, 0.2) is 30.6 Å². The zero-order valence-corrected chi connectivity index (χ0v) is 9.31. The molecule has 15 heavy (non-hydrogen) atoms. The Bertz CT molecular complexity index is 440. The van der Waals surface area contributed by atoms with Crippen molar-refractivity contribution >= 4 is 0 Å². The van der Waals surface area contributed by atoms with Gasteiger partial charge in [0.25, 0.3) is 0 Å². The molecule has 0 fully saturated rings. The van der Waals surface area contributed by atoms with E-state index in [1.807, 2.05) is 36.1 Å². The van der Waals surface area contributed by atoms with Gasteiger partial charge < -0.3 is 0 Å². The summed E-state index contributed by atoms with van der Waals surface area (Å²) in [7, 11) is 0. The average Bonchev–Trinajstić information content (AvgIpc) is 2.68. The van der Waals surface area contributed by atoms with Crippen molar-refractivity contribution in [3.8, 4) is 11.4 Å². The zero-order valence-electron chi connectivity index (χ0n) is 9.31. The van der Waals surface area contributed by atoms with Gasteiger partial charge in [-0.25, -0.2) is 0 Å². The molecule has 2 heterocycles. The number of aryl methyl sites for hydroxylation is 1. The van der Waals surface area contributed by atoms with Crippen LogP contribution in [0.25, 0.3) is 11.4 Å². The third-order valence-corrected chi connectivity index (χ3v) is 2.31. The first-order chi connectivity index (χ1) is 7.16. The van der Waals surface area contributed by atoms with Gasteiger partial charge in [0, 0.05) is 18.4 Å². The van der Waals surface area contributed by atoms with Gasteiger partial charge in [0.05, 0.1) is 5.69 Å². The van der Waals surface area contributed by atoms with Crippen LogP contribution in [-0.2, 0) is 0 Å². The summed E-state index contributed by atoms with van der Waals surface area (Å²) in [6.07, 6.45) is 3.85. The van der Waals surface area contributed by atoms with Gasteiger partial charge in [-0.3, -0.25) is 9.67 Å². The second kappa shape index (κ2) is 3.85. The molecule has 2 rings (SSSR count). The molecular formula is C12H15N3.